The molecule has 8 heteroatoms. The fraction of sp³-hybridized carbons (Fsp3) is 0.167. The van der Waals surface area contributed by atoms with E-state index in [4.69, 9.17) is 15.2 Å². The normalized spacial score (nSPS) is 9.92. The van der Waals surface area contributed by atoms with Crippen LogP contribution in [-0.2, 0) is 4.79 Å². The van der Waals surface area contributed by atoms with Crippen LogP contribution in [0.5, 0.6) is 11.5 Å². The summed E-state index contributed by atoms with van der Waals surface area (Å²) in [6, 6.07) is 11.3. The second-order valence-electron chi connectivity index (χ2n) is 5.39. The third-order valence-electron chi connectivity index (χ3n) is 3.40. The van der Waals surface area contributed by atoms with Crippen molar-refractivity contribution in [3.8, 4) is 11.5 Å². The zero-order valence-electron chi connectivity index (χ0n) is 14.4. The molecule has 2 aromatic rings. The van der Waals surface area contributed by atoms with Gasteiger partial charge < -0.3 is 15.2 Å². The Morgan fingerprint density at radius 3 is 2.08 bits per heavy atom. The second-order valence-corrected chi connectivity index (χ2v) is 5.39. The highest BCUT2D eigenvalue weighted by molar-refractivity contribution is 5.99. The average molecular weight is 357 g/mol. The highest BCUT2D eigenvalue weighted by Crippen LogP contribution is 2.27. The molecule has 0 fully saturated rings. The summed E-state index contributed by atoms with van der Waals surface area (Å²) in [6.45, 7) is 1.60. The summed E-state index contributed by atoms with van der Waals surface area (Å²) >= 11 is 0. The molecule has 8 nitrogen and oxygen atoms in total. The van der Waals surface area contributed by atoms with Crippen molar-refractivity contribution in [1.29, 1.82) is 0 Å². The second kappa shape index (κ2) is 8.52. The van der Waals surface area contributed by atoms with Crippen LogP contribution in [-0.4, -0.2) is 31.4 Å². The van der Waals surface area contributed by atoms with Crippen LogP contribution in [0.2, 0.25) is 0 Å². The molecule has 0 aliphatic rings. The van der Waals surface area contributed by atoms with Crippen LogP contribution < -0.4 is 26.1 Å². The highest BCUT2D eigenvalue weighted by atomic mass is 16.5. The maximum Gasteiger partial charge on any atom is 0.269 e. The molecule has 0 aliphatic carbocycles. The Morgan fingerprint density at radius 1 is 0.923 bits per heavy atom. The van der Waals surface area contributed by atoms with Gasteiger partial charge in [-0.1, -0.05) is 17.7 Å². The van der Waals surface area contributed by atoms with Crippen LogP contribution in [0, 0.1) is 6.92 Å². The maximum absolute atomic E-state index is 12.2. The fourth-order valence-corrected chi connectivity index (χ4v) is 2.04. The number of amides is 3. The van der Waals surface area contributed by atoms with E-state index < -0.39 is 17.7 Å². The van der Waals surface area contributed by atoms with Gasteiger partial charge in [0.15, 0.2) is 18.1 Å². The number of hydrogen-bond acceptors (Lipinski definition) is 5. The van der Waals surface area contributed by atoms with Gasteiger partial charge in [-0.15, -0.1) is 0 Å². The molecule has 2 rings (SSSR count). The van der Waals surface area contributed by atoms with E-state index in [2.05, 4.69) is 10.9 Å². The summed E-state index contributed by atoms with van der Waals surface area (Å²) in [5.74, 6) is -1.08. The van der Waals surface area contributed by atoms with E-state index in [-0.39, 0.29) is 23.7 Å². The molecular formula is C18H19N3O5. The monoisotopic (exact) mass is 357 g/mol. The standard InChI is InChI=1S/C18H19N3O5/c1-11-3-5-12(6-4-11)17(23)20-21-18(24)13-7-8-14(15(9-13)25-2)26-10-16(19)22/h3-9H,10H2,1-2H3,(H2,19,22)(H,20,23)(H,21,24). The molecule has 2 aromatic carbocycles. The number of aryl methyl sites for hydroxylation is 1. The topological polar surface area (TPSA) is 120 Å². The molecule has 136 valence electrons. The number of nitrogens with two attached hydrogens (primary N) is 1. The van der Waals surface area contributed by atoms with Crippen LogP contribution in [0.4, 0.5) is 0 Å². The zero-order valence-corrected chi connectivity index (χ0v) is 14.4. The lowest BCUT2D eigenvalue weighted by Gasteiger charge is -2.12. The molecule has 0 saturated carbocycles. The van der Waals surface area contributed by atoms with E-state index in [9.17, 15) is 14.4 Å². The predicted molar refractivity (Wildman–Crippen MR) is 93.8 cm³/mol. The van der Waals surface area contributed by atoms with Gasteiger partial charge >= 0.3 is 0 Å². The first-order chi connectivity index (χ1) is 12.4. The molecule has 0 unspecified atom stereocenters. The Bertz CT molecular complexity index is 818. The van der Waals surface area contributed by atoms with Crippen molar-refractivity contribution >= 4 is 17.7 Å². The van der Waals surface area contributed by atoms with Gasteiger partial charge in [-0.2, -0.15) is 0 Å². The van der Waals surface area contributed by atoms with Gasteiger partial charge in [-0.3, -0.25) is 25.2 Å². The molecule has 0 atom stereocenters. The first-order valence-corrected chi connectivity index (χ1v) is 7.67. The molecule has 0 radical (unpaired) electrons. The largest absolute Gasteiger partial charge is 0.493 e. The van der Waals surface area contributed by atoms with Crippen molar-refractivity contribution < 1.29 is 23.9 Å². The molecule has 0 heterocycles. The van der Waals surface area contributed by atoms with E-state index in [1.165, 1.54) is 25.3 Å². The molecular weight excluding hydrogens is 338 g/mol. The van der Waals surface area contributed by atoms with Gasteiger partial charge in [0.2, 0.25) is 0 Å². The number of rotatable bonds is 6. The average Bonchev–Trinajstić information content (AvgIpc) is 2.64. The predicted octanol–water partition coefficient (Wildman–Crippen LogP) is 0.943. The minimum atomic E-state index is -0.632. The first kappa shape index (κ1) is 18.8. The fourth-order valence-electron chi connectivity index (χ4n) is 2.04. The summed E-state index contributed by atoms with van der Waals surface area (Å²) in [5, 5.41) is 0. The van der Waals surface area contributed by atoms with Crippen molar-refractivity contribution in [2.24, 2.45) is 5.73 Å². The molecule has 26 heavy (non-hydrogen) atoms. The van der Waals surface area contributed by atoms with Crippen molar-refractivity contribution in [3.63, 3.8) is 0 Å². The van der Waals surface area contributed by atoms with E-state index in [1.54, 1.807) is 24.3 Å². The minimum Gasteiger partial charge on any atom is -0.493 e. The third kappa shape index (κ3) is 4.97. The smallest absolute Gasteiger partial charge is 0.269 e. The summed E-state index contributed by atoms with van der Waals surface area (Å²) < 4.78 is 10.3. The van der Waals surface area contributed by atoms with Crippen molar-refractivity contribution in [2.45, 2.75) is 6.92 Å². The molecule has 0 saturated heterocycles. The van der Waals surface area contributed by atoms with Gasteiger partial charge in [-0.25, -0.2) is 0 Å². The van der Waals surface area contributed by atoms with Crippen molar-refractivity contribution in [2.75, 3.05) is 13.7 Å². The lowest BCUT2D eigenvalue weighted by Crippen LogP contribution is -2.41. The number of benzene rings is 2. The molecule has 3 amide bonds. The lowest BCUT2D eigenvalue weighted by atomic mass is 10.1. The van der Waals surface area contributed by atoms with E-state index in [0.29, 0.717) is 5.56 Å². The van der Waals surface area contributed by atoms with Gasteiger partial charge in [0, 0.05) is 11.1 Å². The number of nitrogens with one attached hydrogen (secondary N) is 2. The summed E-state index contributed by atoms with van der Waals surface area (Å²) in [6.07, 6.45) is 0. The van der Waals surface area contributed by atoms with Crippen LogP contribution >= 0.6 is 0 Å². The zero-order chi connectivity index (χ0) is 19.1. The molecule has 0 bridgehead atoms. The van der Waals surface area contributed by atoms with Crippen molar-refractivity contribution in [3.05, 3.63) is 59.2 Å². The highest BCUT2D eigenvalue weighted by Gasteiger charge is 2.13. The Morgan fingerprint density at radius 2 is 1.50 bits per heavy atom. The minimum absolute atomic E-state index is 0.234. The first-order valence-electron chi connectivity index (χ1n) is 7.67. The molecule has 0 aromatic heterocycles. The number of hydrazine groups is 1. The molecule has 0 spiro atoms. The van der Waals surface area contributed by atoms with Crippen LogP contribution in [0.1, 0.15) is 26.3 Å². The third-order valence-corrected chi connectivity index (χ3v) is 3.40. The summed E-state index contributed by atoms with van der Waals surface area (Å²) in [7, 11) is 1.40. The van der Waals surface area contributed by atoms with Crippen LogP contribution in [0.3, 0.4) is 0 Å². The van der Waals surface area contributed by atoms with Gasteiger partial charge in [-0.05, 0) is 37.3 Å². The number of hydrogen-bond donors (Lipinski definition) is 3. The quantitative estimate of drug-likeness (QED) is 0.665. The van der Waals surface area contributed by atoms with E-state index >= 15 is 0 Å². The Balaban J connectivity index is 2.01. The number of ether oxygens (including phenoxy) is 2. The summed E-state index contributed by atoms with van der Waals surface area (Å²) in [5.41, 5.74) is 11.4. The van der Waals surface area contributed by atoms with Gasteiger partial charge in [0.1, 0.15) is 0 Å². The number of carbonyl (C=O) groups is 3. The Labute approximate surface area is 150 Å². The lowest BCUT2D eigenvalue weighted by molar-refractivity contribution is -0.119. The molecule has 0 aliphatic heterocycles. The van der Waals surface area contributed by atoms with Crippen LogP contribution in [0.25, 0.3) is 0 Å². The Kier molecular flexibility index (Phi) is 6.15. The number of carbonyl (C=O) groups excluding carboxylic acids is 3. The number of primary amides is 1. The maximum atomic E-state index is 12.2. The van der Waals surface area contributed by atoms with Crippen LogP contribution in [0.15, 0.2) is 42.5 Å². The SMILES string of the molecule is COc1cc(C(=O)NNC(=O)c2ccc(C)cc2)ccc1OCC(N)=O. The molecule has 4 N–H and O–H groups in total. The van der Waals surface area contributed by atoms with E-state index in [1.807, 2.05) is 6.92 Å². The van der Waals surface area contributed by atoms with E-state index in [0.717, 1.165) is 5.56 Å². The van der Waals surface area contributed by atoms with Gasteiger partial charge in [0.05, 0.1) is 7.11 Å². The van der Waals surface area contributed by atoms with Gasteiger partial charge in [0.25, 0.3) is 17.7 Å². The summed E-state index contributed by atoms with van der Waals surface area (Å²) in [4.78, 5) is 35.0. The van der Waals surface area contributed by atoms with Crippen molar-refractivity contribution in [1.82, 2.24) is 10.9 Å². The Hall–Kier alpha value is -3.55. The number of methoxy groups -OCH3 is 1.